The van der Waals surface area contributed by atoms with Crippen LogP contribution in [0.3, 0.4) is 0 Å². The van der Waals surface area contributed by atoms with Crippen LogP contribution in [0.15, 0.2) is 78.9 Å². The number of para-hydroxylation sites is 1. The summed E-state index contributed by atoms with van der Waals surface area (Å²) in [6.07, 6.45) is 1.37. The van der Waals surface area contributed by atoms with E-state index in [9.17, 15) is 9.59 Å². The first kappa shape index (κ1) is 19.9. The fourth-order valence-electron chi connectivity index (χ4n) is 3.91. The van der Waals surface area contributed by atoms with Gasteiger partial charge < -0.3 is 10.2 Å². The van der Waals surface area contributed by atoms with Crippen LogP contribution in [0.5, 0.6) is 0 Å². The number of nitrogens with one attached hydrogen (secondary N) is 1. The van der Waals surface area contributed by atoms with Gasteiger partial charge >= 0.3 is 0 Å². The highest BCUT2D eigenvalue weighted by Gasteiger charge is 2.28. The fourth-order valence-corrected chi connectivity index (χ4v) is 3.91. The predicted molar refractivity (Wildman–Crippen MR) is 120 cm³/mol. The summed E-state index contributed by atoms with van der Waals surface area (Å²) in [5.74, 6) is 0.0186. The van der Waals surface area contributed by atoms with Crippen molar-refractivity contribution in [3.63, 3.8) is 0 Å². The van der Waals surface area contributed by atoms with Crippen molar-refractivity contribution in [3.8, 4) is 11.1 Å². The second-order valence-electron chi connectivity index (χ2n) is 7.81. The van der Waals surface area contributed by atoms with Crippen molar-refractivity contribution >= 4 is 17.5 Å². The number of amides is 2. The second-order valence-corrected chi connectivity index (χ2v) is 7.81. The summed E-state index contributed by atoms with van der Waals surface area (Å²) in [6.45, 7) is 3.19. The van der Waals surface area contributed by atoms with Gasteiger partial charge in [-0.25, -0.2) is 0 Å². The Labute approximate surface area is 177 Å². The first-order valence-corrected chi connectivity index (χ1v) is 10.4. The van der Waals surface area contributed by atoms with Crippen molar-refractivity contribution in [2.24, 2.45) is 5.92 Å². The summed E-state index contributed by atoms with van der Waals surface area (Å²) < 4.78 is 0. The predicted octanol–water partition coefficient (Wildman–Crippen LogP) is 5.15. The van der Waals surface area contributed by atoms with E-state index >= 15 is 0 Å². The molecule has 0 spiro atoms. The number of anilines is 1. The van der Waals surface area contributed by atoms with Crippen LogP contribution >= 0.6 is 0 Å². The number of hydrogen-bond donors (Lipinski definition) is 1. The normalized spacial score (nSPS) is 14.4. The van der Waals surface area contributed by atoms with E-state index in [1.165, 1.54) is 0 Å². The molecule has 30 heavy (non-hydrogen) atoms. The molecule has 1 aliphatic heterocycles. The average molecular weight is 399 g/mol. The summed E-state index contributed by atoms with van der Waals surface area (Å²) >= 11 is 0. The van der Waals surface area contributed by atoms with Crippen molar-refractivity contribution in [3.05, 3.63) is 90.0 Å². The number of piperidine rings is 1. The van der Waals surface area contributed by atoms with E-state index in [0.717, 1.165) is 22.4 Å². The summed E-state index contributed by atoms with van der Waals surface area (Å²) in [5, 5.41) is 3.04. The smallest absolute Gasteiger partial charge is 0.253 e. The Hall–Kier alpha value is -3.40. The van der Waals surface area contributed by atoms with E-state index in [1.54, 1.807) is 0 Å². The van der Waals surface area contributed by atoms with Gasteiger partial charge in [0.2, 0.25) is 5.91 Å². The minimum absolute atomic E-state index is 0.0346. The summed E-state index contributed by atoms with van der Waals surface area (Å²) in [7, 11) is 0. The standard InChI is InChI=1S/C26H26N2O2/c1-19-7-5-6-10-24(19)27-25(29)22-15-17-28(18-16-22)26(30)23-13-11-21(12-14-23)20-8-3-2-4-9-20/h2-14,22H,15-18H2,1H3,(H,27,29). The topological polar surface area (TPSA) is 49.4 Å². The number of carbonyl (C=O) groups excluding carboxylic acids is 2. The van der Waals surface area contributed by atoms with E-state index in [-0.39, 0.29) is 17.7 Å². The molecule has 1 aliphatic rings. The maximum atomic E-state index is 12.9. The van der Waals surface area contributed by atoms with Crippen LogP contribution in [0.1, 0.15) is 28.8 Å². The summed E-state index contributed by atoms with van der Waals surface area (Å²) in [6, 6.07) is 25.7. The van der Waals surface area contributed by atoms with Gasteiger partial charge in [0.15, 0.2) is 0 Å². The monoisotopic (exact) mass is 398 g/mol. The van der Waals surface area contributed by atoms with E-state index in [2.05, 4.69) is 17.4 Å². The van der Waals surface area contributed by atoms with Crippen molar-refractivity contribution in [1.82, 2.24) is 4.90 Å². The third-order valence-electron chi connectivity index (χ3n) is 5.79. The molecular formula is C26H26N2O2. The molecule has 2 amide bonds. The first-order chi connectivity index (χ1) is 14.6. The lowest BCUT2D eigenvalue weighted by Crippen LogP contribution is -2.41. The minimum atomic E-state index is -0.0610. The summed E-state index contributed by atoms with van der Waals surface area (Å²) in [4.78, 5) is 27.4. The van der Waals surface area contributed by atoms with Gasteiger partial charge in [0.25, 0.3) is 5.91 Å². The Kier molecular flexibility index (Phi) is 5.94. The van der Waals surface area contributed by atoms with Crippen LogP contribution in [0.2, 0.25) is 0 Å². The molecule has 3 aromatic rings. The number of carbonyl (C=O) groups is 2. The van der Waals surface area contributed by atoms with Crippen molar-refractivity contribution in [2.75, 3.05) is 18.4 Å². The molecule has 0 atom stereocenters. The molecule has 4 rings (SSSR count). The molecular weight excluding hydrogens is 372 g/mol. The van der Waals surface area contributed by atoms with Crippen LogP contribution in [0.4, 0.5) is 5.69 Å². The number of rotatable bonds is 4. The molecule has 1 N–H and O–H groups in total. The van der Waals surface area contributed by atoms with Crippen molar-refractivity contribution in [2.45, 2.75) is 19.8 Å². The molecule has 4 nitrogen and oxygen atoms in total. The lowest BCUT2D eigenvalue weighted by molar-refractivity contribution is -0.121. The van der Waals surface area contributed by atoms with E-state index < -0.39 is 0 Å². The van der Waals surface area contributed by atoms with Gasteiger partial charge in [-0.2, -0.15) is 0 Å². The Bertz CT molecular complexity index is 1020. The zero-order valence-corrected chi connectivity index (χ0v) is 17.2. The molecule has 4 heteroatoms. The maximum Gasteiger partial charge on any atom is 0.253 e. The number of aryl methyl sites for hydroxylation is 1. The van der Waals surface area contributed by atoms with Crippen molar-refractivity contribution in [1.29, 1.82) is 0 Å². The number of likely N-dealkylation sites (tertiary alicyclic amines) is 1. The molecule has 0 aromatic heterocycles. The molecule has 0 unspecified atom stereocenters. The van der Waals surface area contributed by atoms with E-state index in [0.29, 0.717) is 31.5 Å². The Morgan fingerprint density at radius 3 is 2.07 bits per heavy atom. The van der Waals surface area contributed by atoms with E-state index in [1.807, 2.05) is 78.6 Å². The molecule has 1 fully saturated rings. The maximum absolute atomic E-state index is 12.9. The second kappa shape index (κ2) is 8.95. The molecule has 1 heterocycles. The minimum Gasteiger partial charge on any atom is -0.339 e. The molecule has 0 radical (unpaired) electrons. The largest absolute Gasteiger partial charge is 0.339 e. The lowest BCUT2D eigenvalue weighted by atomic mass is 9.95. The summed E-state index contributed by atoms with van der Waals surface area (Å²) in [5.41, 5.74) is 4.84. The van der Waals surface area contributed by atoms with Gasteiger partial charge in [-0.1, -0.05) is 60.7 Å². The molecule has 152 valence electrons. The number of hydrogen-bond acceptors (Lipinski definition) is 2. The van der Waals surface area contributed by atoms with Crippen LogP contribution in [-0.2, 0) is 4.79 Å². The van der Waals surface area contributed by atoms with E-state index in [4.69, 9.17) is 0 Å². The molecule has 0 saturated carbocycles. The Morgan fingerprint density at radius 2 is 1.40 bits per heavy atom. The van der Waals surface area contributed by atoms with Gasteiger partial charge in [-0.05, 0) is 54.7 Å². The highest BCUT2D eigenvalue weighted by Crippen LogP contribution is 2.24. The molecule has 0 aliphatic carbocycles. The number of nitrogens with zero attached hydrogens (tertiary/aromatic N) is 1. The van der Waals surface area contributed by atoms with Crippen LogP contribution < -0.4 is 5.32 Å². The molecule has 1 saturated heterocycles. The zero-order chi connectivity index (χ0) is 20.9. The Balaban J connectivity index is 1.34. The fraction of sp³-hybridized carbons (Fsp3) is 0.231. The van der Waals surface area contributed by atoms with Gasteiger partial charge in [0, 0.05) is 30.3 Å². The first-order valence-electron chi connectivity index (χ1n) is 10.4. The van der Waals surface area contributed by atoms with Gasteiger partial charge in [0.1, 0.15) is 0 Å². The molecule has 0 bridgehead atoms. The average Bonchev–Trinajstić information content (AvgIpc) is 2.81. The number of benzene rings is 3. The van der Waals surface area contributed by atoms with Crippen molar-refractivity contribution < 1.29 is 9.59 Å². The third kappa shape index (κ3) is 4.43. The SMILES string of the molecule is Cc1ccccc1NC(=O)C1CCN(C(=O)c2ccc(-c3ccccc3)cc2)CC1. The van der Waals surface area contributed by atoms with Gasteiger partial charge in [0.05, 0.1) is 0 Å². The van der Waals surface area contributed by atoms with Crippen LogP contribution in [-0.4, -0.2) is 29.8 Å². The quantitative estimate of drug-likeness (QED) is 0.660. The third-order valence-corrected chi connectivity index (χ3v) is 5.79. The highest BCUT2D eigenvalue weighted by atomic mass is 16.2. The lowest BCUT2D eigenvalue weighted by Gasteiger charge is -2.31. The van der Waals surface area contributed by atoms with Gasteiger partial charge in [-0.15, -0.1) is 0 Å². The highest BCUT2D eigenvalue weighted by molar-refractivity contribution is 5.96. The van der Waals surface area contributed by atoms with Gasteiger partial charge in [-0.3, -0.25) is 9.59 Å². The Morgan fingerprint density at radius 1 is 0.800 bits per heavy atom. The van der Waals surface area contributed by atoms with Crippen LogP contribution in [0, 0.1) is 12.8 Å². The molecule has 3 aromatic carbocycles. The zero-order valence-electron chi connectivity index (χ0n) is 17.2. The van der Waals surface area contributed by atoms with Crippen LogP contribution in [0.25, 0.3) is 11.1 Å².